The van der Waals surface area contributed by atoms with Gasteiger partial charge in [-0.25, -0.2) is 4.79 Å². The van der Waals surface area contributed by atoms with Gasteiger partial charge in [0.2, 0.25) is 0 Å². The average Bonchev–Trinajstić information content (AvgIpc) is 3.15. The van der Waals surface area contributed by atoms with Crippen molar-refractivity contribution in [3.05, 3.63) is 0 Å². The van der Waals surface area contributed by atoms with Crippen LogP contribution in [0.15, 0.2) is 0 Å². The van der Waals surface area contributed by atoms with Gasteiger partial charge in [-0.05, 0) is 118 Å². The van der Waals surface area contributed by atoms with Crippen molar-refractivity contribution >= 4 is 11.9 Å². The molecular weight excluding hydrogens is 472 g/mol. The first-order valence-corrected chi connectivity index (χ1v) is 14.6. The van der Waals surface area contributed by atoms with Crippen LogP contribution in [0.2, 0.25) is 0 Å². The van der Waals surface area contributed by atoms with Gasteiger partial charge in [-0.15, -0.1) is 0 Å². The number of aliphatic hydroxyl groups is 3. The molecule has 0 heterocycles. The maximum absolute atomic E-state index is 12.4. The standard InChI is InChI=1S/C30H50O7/c1-17(7-10-25(34)36-16-26(35)37-28(2,3)4)20-8-9-21-27-22(15-24(33)30(20,21)6)29(5)12-11-19(31)13-18(29)14-23(27)32/h17-24,27,31-33H,7-16H2,1-6H3/t17?,18-,19?,20?,21?,22?,23?,24?,27?,29?,30-/m1/s1. The summed E-state index contributed by atoms with van der Waals surface area (Å²) in [6, 6.07) is 0. The number of esters is 2. The van der Waals surface area contributed by atoms with Gasteiger partial charge in [0.25, 0.3) is 0 Å². The minimum atomic E-state index is -0.616. The number of ether oxygens (including phenoxy) is 2. The first kappa shape index (κ1) is 28.8. The Hall–Kier alpha value is -1.18. The van der Waals surface area contributed by atoms with Crippen molar-refractivity contribution in [3.63, 3.8) is 0 Å². The maximum Gasteiger partial charge on any atom is 0.344 e. The summed E-state index contributed by atoms with van der Waals surface area (Å²) in [5.74, 6) is 0.554. The molecule has 4 aliphatic carbocycles. The van der Waals surface area contributed by atoms with Crippen LogP contribution in [-0.4, -0.2) is 57.8 Å². The van der Waals surface area contributed by atoms with Gasteiger partial charge in [-0.1, -0.05) is 20.8 Å². The Morgan fingerprint density at radius 2 is 1.68 bits per heavy atom. The molecule has 37 heavy (non-hydrogen) atoms. The average molecular weight is 523 g/mol. The number of aliphatic hydroxyl groups excluding tert-OH is 3. The monoisotopic (exact) mass is 522 g/mol. The molecule has 0 amide bonds. The summed E-state index contributed by atoms with van der Waals surface area (Å²) in [5.41, 5.74) is -0.846. The molecule has 0 spiro atoms. The van der Waals surface area contributed by atoms with E-state index in [0.29, 0.717) is 18.8 Å². The zero-order valence-electron chi connectivity index (χ0n) is 23.7. The lowest BCUT2D eigenvalue weighted by Crippen LogP contribution is -2.62. The van der Waals surface area contributed by atoms with Crippen molar-refractivity contribution < 1.29 is 34.4 Å². The van der Waals surface area contributed by atoms with Gasteiger partial charge in [-0.3, -0.25) is 4.79 Å². The van der Waals surface area contributed by atoms with Crippen LogP contribution in [0.25, 0.3) is 0 Å². The Morgan fingerprint density at radius 3 is 2.35 bits per heavy atom. The number of carbonyl (C=O) groups excluding carboxylic acids is 2. The highest BCUT2D eigenvalue weighted by molar-refractivity contribution is 5.76. The van der Waals surface area contributed by atoms with Gasteiger partial charge in [0.15, 0.2) is 6.61 Å². The van der Waals surface area contributed by atoms with Gasteiger partial charge in [0, 0.05) is 6.42 Å². The fraction of sp³-hybridized carbons (Fsp3) is 0.933. The van der Waals surface area contributed by atoms with E-state index >= 15 is 0 Å². The highest BCUT2D eigenvalue weighted by atomic mass is 16.6. The zero-order valence-corrected chi connectivity index (χ0v) is 23.7. The predicted molar refractivity (Wildman–Crippen MR) is 139 cm³/mol. The number of hydrogen-bond acceptors (Lipinski definition) is 7. The molecule has 11 atom stereocenters. The van der Waals surface area contributed by atoms with E-state index in [1.165, 1.54) is 0 Å². The molecular formula is C30H50O7. The summed E-state index contributed by atoms with van der Waals surface area (Å²) < 4.78 is 10.4. The van der Waals surface area contributed by atoms with Crippen LogP contribution >= 0.6 is 0 Å². The number of fused-ring (bicyclic) bond motifs is 5. The van der Waals surface area contributed by atoms with Crippen molar-refractivity contribution in [1.29, 1.82) is 0 Å². The van der Waals surface area contributed by atoms with Gasteiger partial charge >= 0.3 is 11.9 Å². The summed E-state index contributed by atoms with van der Waals surface area (Å²) in [6.07, 6.45) is 5.75. The topological polar surface area (TPSA) is 113 Å². The Kier molecular flexibility index (Phi) is 8.12. The third kappa shape index (κ3) is 5.47. The summed E-state index contributed by atoms with van der Waals surface area (Å²) in [4.78, 5) is 24.2. The quantitative estimate of drug-likeness (QED) is 0.447. The van der Waals surface area contributed by atoms with E-state index in [4.69, 9.17) is 9.47 Å². The Balaban J connectivity index is 1.39. The smallest absolute Gasteiger partial charge is 0.344 e. The van der Waals surface area contributed by atoms with Crippen molar-refractivity contribution in [1.82, 2.24) is 0 Å². The van der Waals surface area contributed by atoms with Crippen LogP contribution < -0.4 is 0 Å². The first-order valence-electron chi connectivity index (χ1n) is 14.6. The predicted octanol–water partition coefficient (Wildman–Crippen LogP) is 4.25. The van der Waals surface area contributed by atoms with Gasteiger partial charge < -0.3 is 24.8 Å². The van der Waals surface area contributed by atoms with E-state index in [1.54, 1.807) is 20.8 Å². The molecule has 0 radical (unpaired) electrons. The van der Waals surface area contributed by atoms with Gasteiger partial charge in [-0.2, -0.15) is 0 Å². The van der Waals surface area contributed by atoms with Crippen LogP contribution in [0.4, 0.5) is 0 Å². The maximum atomic E-state index is 12.4. The van der Waals surface area contributed by atoms with Crippen molar-refractivity contribution in [2.75, 3.05) is 6.61 Å². The van der Waals surface area contributed by atoms with Crippen LogP contribution in [0.5, 0.6) is 0 Å². The number of rotatable bonds is 6. The van der Waals surface area contributed by atoms with Crippen LogP contribution in [0, 0.1) is 46.3 Å². The third-order valence-corrected chi connectivity index (χ3v) is 11.1. The lowest BCUT2D eigenvalue weighted by atomic mass is 9.43. The van der Waals surface area contributed by atoms with Crippen molar-refractivity contribution in [3.8, 4) is 0 Å². The summed E-state index contributed by atoms with van der Waals surface area (Å²) in [5, 5.41) is 33.4. The Morgan fingerprint density at radius 1 is 0.973 bits per heavy atom. The van der Waals surface area contributed by atoms with Crippen LogP contribution in [0.3, 0.4) is 0 Å². The largest absolute Gasteiger partial charge is 0.457 e. The molecule has 9 unspecified atom stereocenters. The minimum Gasteiger partial charge on any atom is -0.457 e. The van der Waals surface area contributed by atoms with E-state index in [9.17, 15) is 24.9 Å². The molecule has 0 aromatic heterocycles. The van der Waals surface area contributed by atoms with E-state index in [0.717, 1.165) is 38.5 Å². The Bertz CT molecular complexity index is 851. The molecule has 212 valence electrons. The molecule has 0 aromatic carbocycles. The minimum absolute atomic E-state index is 0.0625. The van der Waals surface area contributed by atoms with Crippen LogP contribution in [-0.2, 0) is 19.1 Å². The lowest BCUT2D eigenvalue weighted by Gasteiger charge is -2.63. The van der Waals surface area contributed by atoms with E-state index in [-0.39, 0.29) is 65.7 Å². The molecule has 0 saturated heterocycles. The summed E-state index contributed by atoms with van der Waals surface area (Å²) in [6.45, 7) is 11.7. The van der Waals surface area contributed by atoms with Crippen molar-refractivity contribution in [2.24, 2.45) is 46.3 Å². The lowest BCUT2D eigenvalue weighted by molar-refractivity contribution is -0.207. The molecule has 4 fully saturated rings. The molecule has 0 aromatic rings. The van der Waals surface area contributed by atoms with Gasteiger partial charge in [0.05, 0.1) is 18.3 Å². The highest BCUT2D eigenvalue weighted by Gasteiger charge is 2.65. The summed E-state index contributed by atoms with van der Waals surface area (Å²) >= 11 is 0. The zero-order chi connectivity index (χ0) is 27.3. The summed E-state index contributed by atoms with van der Waals surface area (Å²) in [7, 11) is 0. The third-order valence-electron chi connectivity index (χ3n) is 11.1. The van der Waals surface area contributed by atoms with E-state index in [2.05, 4.69) is 20.8 Å². The normalized spacial score (nSPS) is 44.2. The van der Waals surface area contributed by atoms with Crippen LogP contribution in [0.1, 0.15) is 99.3 Å². The van der Waals surface area contributed by atoms with Gasteiger partial charge in [0.1, 0.15) is 5.60 Å². The molecule has 0 aliphatic heterocycles. The Labute approximate surface area is 222 Å². The molecule has 4 saturated carbocycles. The first-order chi connectivity index (χ1) is 17.2. The SMILES string of the molecule is CC(CCC(=O)OCC(=O)OC(C)(C)C)C1CCC2C3C(O)C[C@H]4CC(O)CCC4(C)C3CC(O)[C@]12C. The fourth-order valence-electron chi connectivity index (χ4n) is 9.26. The molecule has 0 bridgehead atoms. The molecule has 3 N–H and O–H groups in total. The van der Waals surface area contributed by atoms with E-state index < -0.39 is 23.6 Å². The second-order valence-electron chi connectivity index (χ2n) is 14.3. The van der Waals surface area contributed by atoms with E-state index in [1.807, 2.05) is 0 Å². The second kappa shape index (κ2) is 10.4. The molecule has 7 heteroatoms. The molecule has 4 aliphatic rings. The molecule has 7 nitrogen and oxygen atoms in total. The fourth-order valence-corrected chi connectivity index (χ4v) is 9.26. The number of carbonyl (C=O) groups is 2. The number of hydrogen-bond donors (Lipinski definition) is 3. The highest BCUT2D eigenvalue weighted by Crippen LogP contribution is 2.68. The molecule has 4 rings (SSSR count). The van der Waals surface area contributed by atoms with Crippen molar-refractivity contribution in [2.45, 2.75) is 123 Å². The second-order valence-corrected chi connectivity index (χ2v) is 14.3.